The Hall–Kier alpha value is -2.54. The molecule has 0 unspecified atom stereocenters. The van der Waals surface area contributed by atoms with Crippen LogP contribution in [0.5, 0.6) is 0 Å². The van der Waals surface area contributed by atoms with E-state index < -0.39 is 17.2 Å². The molecule has 2 saturated carbocycles. The number of nitrogens with one attached hydrogen (secondary N) is 1. The number of hydrogen-bond acceptors (Lipinski definition) is 4. The number of para-hydroxylation sites is 1. The zero-order chi connectivity index (χ0) is 19.9. The Kier molecular flexibility index (Phi) is 4.79. The molecule has 1 heterocycles. The van der Waals surface area contributed by atoms with Gasteiger partial charge in [-0.15, -0.1) is 0 Å². The molecule has 7 heteroatoms. The number of aromatic nitrogens is 2. The highest BCUT2D eigenvalue weighted by molar-refractivity contribution is 5.92. The molecule has 1 N–H and O–H groups in total. The molecule has 1 amide bonds. The topological polar surface area (TPSA) is 73.2 Å². The van der Waals surface area contributed by atoms with Crippen LogP contribution in [0.4, 0.5) is 4.39 Å². The van der Waals surface area contributed by atoms with Crippen molar-refractivity contribution in [2.45, 2.75) is 51.7 Å². The molecule has 1 spiro atoms. The second-order valence-electron chi connectivity index (χ2n) is 7.65. The van der Waals surface area contributed by atoms with Crippen molar-refractivity contribution in [3.63, 3.8) is 0 Å². The molecule has 4 rings (SSSR count). The van der Waals surface area contributed by atoms with Crippen LogP contribution in [0.3, 0.4) is 0 Å². The molecule has 1 aromatic heterocycles. The molecule has 2 aliphatic carbocycles. The highest BCUT2D eigenvalue weighted by Gasteiger charge is 2.59. The summed E-state index contributed by atoms with van der Waals surface area (Å²) in [4.78, 5) is 25.2. The van der Waals surface area contributed by atoms with E-state index in [-0.39, 0.29) is 28.9 Å². The maximum atomic E-state index is 14.2. The number of halogens is 1. The summed E-state index contributed by atoms with van der Waals surface area (Å²) < 4.78 is 21.3. The van der Waals surface area contributed by atoms with E-state index in [1.165, 1.54) is 16.8 Å². The summed E-state index contributed by atoms with van der Waals surface area (Å²) in [5, 5.41) is 7.16. The Morgan fingerprint density at radius 3 is 2.79 bits per heavy atom. The number of carbonyl (C=O) groups is 1. The Bertz CT molecular complexity index is 968. The van der Waals surface area contributed by atoms with Crippen molar-refractivity contribution < 1.29 is 13.9 Å². The van der Waals surface area contributed by atoms with Gasteiger partial charge in [0.15, 0.2) is 5.69 Å². The molecule has 1 aromatic carbocycles. The van der Waals surface area contributed by atoms with Crippen molar-refractivity contribution in [3.8, 4) is 5.69 Å². The van der Waals surface area contributed by atoms with Gasteiger partial charge < -0.3 is 10.1 Å². The van der Waals surface area contributed by atoms with Crippen LogP contribution >= 0.6 is 0 Å². The molecular formula is C21H24FN3O3. The van der Waals surface area contributed by atoms with Gasteiger partial charge in [-0.05, 0) is 45.2 Å². The average Bonchev–Trinajstić information content (AvgIpc) is 2.60. The van der Waals surface area contributed by atoms with Gasteiger partial charge in [-0.1, -0.05) is 18.6 Å². The van der Waals surface area contributed by atoms with Crippen molar-refractivity contribution in [1.29, 1.82) is 0 Å². The Labute approximate surface area is 162 Å². The predicted molar refractivity (Wildman–Crippen MR) is 102 cm³/mol. The van der Waals surface area contributed by atoms with Crippen molar-refractivity contribution in [2.24, 2.45) is 5.41 Å². The lowest BCUT2D eigenvalue weighted by Crippen LogP contribution is -2.67. The highest BCUT2D eigenvalue weighted by atomic mass is 19.1. The first-order chi connectivity index (χ1) is 13.5. The molecule has 148 valence electrons. The molecule has 0 bridgehead atoms. The molecule has 0 saturated heterocycles. The molecule has 0 aliphatic heterocycles. The summed E-state index contributed by atoms with van der Waals surface area (Å²) in [5.74, 6) is -0.985. The summed E-state index contributed by atoms with van der Waals surface area (Å²) in [7, 11) is 0. The van der Waals surface area contributed by atoms with Crippen LogP contribution in [-0.2, 0) is 4.74 Å². The quantitative estimate of drug-likeness (QED) is 0.859. The van der Waals surface area contributed by atoms with Gasteiger partial charge in [0.05, 0.1) is 6.10 Å². The third-order valence-electron chi connectivity index (χ3n) is 6.15. The summed E-state index contributed by atoms with van der Waals surface area (Å²) in [6.45, 7) is 4.28. The van der Waals surface area contributed by atoms with Crippen LogP contribution < -0.4 is 10.7 Å². The lowest BCUT2D eigenvalue weighted by Gasteiger charge is -2.60. The first-order valence-electron chi connectivity index (χ1n) is 9.74. The fourth-order valence-electron chi connectivity index (χ4n) is 4.44. The second kappa shape index (κ2) is 7.13. The van der Waals surface area contributed by atoms with Gasteiger partial charge >= 0.3 is 0 Å². The molecule has 2 atom stereocenters. The van der Waals surface area contributed by atoms with E-state index in [1.807, 2.05) is 6.92 Å². The normalized spacial score (nSPS) is 22.4. The van der Waals surface area contributed by atoms with E-state index in [0.717, 1.165) is 25.7 Å². The Morgan fingerprint density at radius 2 is 2.14 bits per heavy atom. The van der Waals surface area contributed by atoms with E-state index in [4.69, 9.17) is 4.74 Å². The number of nitrogens with zero attached hydrogens (tertiary/aromatic N) is 2. The van der Waals surface area contributed by atoms with E-state index in [9.17, 15) is 14.0 Å². The minimum atomic E-state index is -0.513. The first kappa shape index (κ1) is 18.8. The lowest BCUT2D eigenvalue weighted by molar-refractivity contribution is -0.169. The first-order valence-corrected chi connectivity index (χ1v) is 9.74. The number of benzene rings is 1. The minimum Gasteiger partial charge on any atom is -0.378 e. The largest absolute Gasteiger partial charge is 0.378 e. The zero-order valence-corrected chi connectivity index (χ0v) is 16.1. The molecule has 2 aliphatic rings. The van der Waals surface area contributed by atoms with E-state index in [0.29, 0.717) is 12.3 Å². The third-order valence-corrected chi connectivity index (χ3v) is 6.15. The number of carbonyl (C=O) groups excluding carboxylic acids is 1. The summed E-state index contributed by atoms with van der Waals surface area (Å²) in [5.41, 5.74) is -0.0400. The van der Waals surface area contributed by atoms with E-state index >= 15 is 0 Å². The SMILES string of the molecule is CCO[C@H]1C[C@H](NC(=O)c2nn(-c3ccccc3F)c(C)cc2=O)C12CCC2. The summed E-state index contributed by atoms with van der Waals surface area (Å²) in [6, 6.07) is 7.43. The smallest absolute Gasteiger partial charge is 0.276 e. The molecule has 6 nitrogen and oxygen atoms in total. The molecule has 2 aromatic rings. The molecular weight excluding hydrogens is 361 g/mol. The Balaban J connectivity index is 1.59. The molecule has 2 fully saturated rings. The average molecular weight is 385 g/mol. The summed E-state index contributed by atoms with van der Waals surface area (Å²) >= 11 is 0. The number of amides is 1. The van der Waals surface area contributed by atoms with Gasteiger partial charge in [-0.2, -0.15) is 5.10 Å². The van der Waals surface area contributed by atoms with Crippen LogP contribution in [0.15, 0.2) is 35.1 Å². The summed E-state index contributed by atoms with van der Waals surface area (Å²) in [6.07, 6.45) is 4.07. The van der Waals surface area contributed by atoms with Crippen molar-refractivity contribution in [1.82, 2.24) is 15.1 Å². The maximum Gasteiger partial charge on any atom is 0.276 e. The van der Waals surface area contributed by atoms with E-state index in [1.54, 1.807) is 25.1 Å². The number of ether oxygens (including phenoxy) is 1. The number of rotatable bonds is 5. The predicted octanol–water partition coefficient (Wildman–Crippen LogP) is 2.76. The second-order valence-corrected chi connectivity index (χ2v) is 7.65. The number of hydrogen-bond donors (Lipinski definition) is 1. The van der Waals surface area contributed by atoms with Gasteiger partial charge in [-0.3, -0.25) is 9.59 Å². The monoisotopic (exact) mass is 385 g/mol. The van der Waals surface area contributed by atoms with Crippen molar-refractivity contribution in [3.05, 3.63) is 57.8 Å². The van der Waals surface area contributed by atoms with Crippen LogP contribution in [0.25, 0.3) is 5.69 Å². The van der Waals surface area contributed by atoms with Crippen molar-refractivity contribution in [2.75, 3.05) is 6.61 Å². The fourth-order valence-corrected chi connectivity index (χ4v) is 4.44. The Morgan fingerprint density at radius 1 is 1.39 bits per heavy atom. The minimum absolute atomic E-state index is 0.0130. The molecule has 28 heavy (non-hydrogen) atoms. The van der Waals surface area contributed by atoms with Crippen LogP contribution in [0.2, 0.25) is 0 Å². The zero-order valence-electron chi connectivity index (χ0n) is 16.1. The van der Waals surface area contributed by atoms with Gasteiger partial charge in [0, 0.05) is 29.8 Å². The van der Waals surface area contributed by atoms with Gasteiger partial charge in [0.2, 0.25) is 5.43 Å². The van der Waals surface area contributed by atoms with Gasteiger partial charge in [0.25, 0.3) is 5.91 Å². The fraction of sp³-hybridized carbons (Fsp3) is 0.476. The van der Waals surface area contributed by atoms with Crippen LogP contribution in [0, 0.1) is 18.2 Å². The van der Waals surface area contributed by atoms with Crippen LogP contribution in [-0.4, -0.2) is 34.4 Å². The molecule has 0 radical (unpaired) electrons. The highest BCUT2D eigenvalue weighted by Crippen LogP contribution is 2.57. The van der Waals surface area contributed by atoms with Gasteiger partial charge in [0.1, 0.15) is 11.5 Å². The van der Waals surface area contributed by atoms with Crippen molar-refractivity contribution >= 4 is 5.91 Å². The van der Waals surface area contributed by atoms with Crippen LogP contribution in [0.1, 0.15) is 48.8 Å². The van der Waals surface area contributed by atoms with E-state index in [2.05, 4.69) is 10.4 Å². The standard InChI is InChI=1S/C21H24FN3O3/c1-3-28-18-12-17(21(18)9-6-10-21)23-20(27)19-16(26)11-13(2)25(24-19)15-8-5-4-7-14(15)22/h4-5,7-8,11,17-18H,3,6,9-10,12H2,1-2H3,(H,23,27)/t17-,18-/m0/s1. The van der Waals surface area contributed by atoms with Gasteiger partial charge in [-0.25, -0.2) is 9.07 Å². The third kappa shape index (κ3) is 2.94. The lowest BCUT2D eigenvalue weighted by atomic mass is 9.51. The maximum absolute atomic E-state index is 14.2. The number of aryl methyl sites for hydroxylation is 1.